The van der Waals surface area contributed by atoms with Gasteiger partial charge in [-0.1, -0.05) is 54.1 Å². The van der Waals surface area contributed by atoms with E-state index in [0.717, 1.165) is 48.4 Å². The zero-order valence-electron chi connectivity index (χ0n) is 16.6. The molecule has 5 nitrogen and oxygen atoms in total. The van der Waals surface area contributed by atoms with Gasteiger partial charge in [0.2, 0.25) is 0 Å². The molecule has 29 heavy (non-hydrogen) atoms. The molecular formula is C21H28ClIN4OS. The molecule has 1 N–H and O–H groups in total. The zero-order chi connectivity index (χ0) is 19.8. The number of para-hydroxylation sites is 1. The van der Waals surface area contributed by atoms with Gasteiger partial charge in [0, 0.05) is 62.1 Å². The van der Waals surface area contributed by atoms with Gasteiger partial charge >= 0.3 is 0 Å². The molecule has 0 aromatic heterocycles. The molecular weight excluding hydrogens is 519 g/mol. The second kappa shape index (κ2) is 12.4. The molecule has 1 atom stereocenters. The van der Waals surface area contributed by atoms with Crippen molar-refractivity contribution in [2.24, 2.45) is 4.99 Å². The number of guanidine groups is 1. The summed E-state index contributed by atoms with van der Waals surface area (Å²) in [5.74, 6) is 2.07. The lowest BCUT2D eigenvalue weighted by Gasteiger charge is -2.38. The number of aliphatic imine (C=N–C) groups is 1. The van der Waals surface area contributed by atoms with Crippen LogP contribution in [0.15, 0.2) is 59.6 Å². The minimum Gasteiger partial charge on any atom is -0.367 e. The fourth-order valence-electron chi connectivity index (χ4n) is 3.31. The van der Waals surface area contributed by atoms with Crippen molar-refractivity contribution in [3.63, 3.8) is 0 Å². The number of anilines is 1. The third kappa shape index (κ3) is 7.15. The molecule has 3 rings (SSSR count). The third-order valence-corrected chi connectivity index (χ3v) is 6.40. The quantitative estimate of drug-likeness (QED) is 0.342. The molecule has 1 fully saturated rings. The highest BCUT2D eigenvalue weighted by molar-refractivity contribution is 14.0. The Labute approximate surface area is 198 Å². The molecule has 0 spiro atoms. The largest absolute Gasteiger partial charge is 0.367 e. The second-order valence-electron chi connectivity index (χ2n) is 6.67. The van der Waals surface area contributed by atoms with Crippen molar-refractivity contribution < 1.29 is 4.21 Å². The molecule has 1 aliphatic heterocycles. The Morgan fingerprint density at radius 2 is 1.72 bits per heavy atom. The van der Waals surface area contributed by atoms with Gasteiger partial charge in [-0.25, -0.2) is 0 Å². The summed E-state index contributed by atoms with van der Waals surface area (Å²) < 4.78 is 12.3. The van der Waals surface area contributed by atoms with E-state index in [2.05, 4.69) is 26.2 Å². The predicted molar refractivity (Wildman–Crippen MR) is 135 cm³/mol. The highest BCUT2D eigenvalue weighted by Gasteiger charge is 2.20. The Bertz CT molecular complexity index is 813. The van der Waals surface area contributed by atoms with Crippen LogP contribution in [0.1, 0.15) is 5.56 Å². The molecule has 0 amide bonds. The maximum Gasteiger partial charge on any atom is 0.193 e. The summed E-state index contributed by atoms with van der Waals surface area (Å²) in [5.41, 5.74) is 2.20. The summed E-state index contributed by atoms with van der Waals surface area (Å²) >= 11 is 6.32. The molecule has 1 unspecified atom stereocenters. The molecule has 0 saturated carbocycles. The van der Waals surface area contributed by atoms with Gasteiger partial charge in [-0.3, -0.25) is 9.20 Å². The molecule has 0 radical (unpaired) electrons. The normalized spacial score (nSPS) is 15.6. The Balaban J connectivity index is 0.00000300. The monoisotopic (exact) mass is 546 g/mol. The number of hydrogen-bond donors (Lipinski definition) is 1. The van der Waals surface area contributed by atoms with E-state index in [1.54, 1.807) is 7.05 Å². The van der Waals surface area contributed by atoms with Crippen LogP contribution in [0.2, 0.25) is 5.02 Å². The first kappa shape index (κ1) is 24.0. The highest BCUT2D eigenvalue weighted by Crippen LogP contribution is 2.25. The molecule has 1 saturated heterocycles. The van der Waals surface area contributed by atoms with Gasteiger partial charge in [0.15, 0.2) is 5.96 Å². The summed E-state index contributed by atoms with van der Waals surface area (Å²) in [6.45, 7) is 4.18. The number of nitrogens with zero attached hydrogens (tertiary/aromatic N) is 3. The van der Waals surface area contributed by atoms with E-state index >= 15 is 0 Å². The molecule has 2 aromatic carbocycles. The summed E-state index contributed by atoms with van der Waals surface area (Å²) in [7, 11) is 0.909. The number of benzene rings is 2. The van der Waals surface area contributed by atoms with Gasteiger partial charge in [0.1, 0.15) is 0 Å². The van der Waals surface area contributed by atoms with E-state index in [-0.39, 0.29) is 24.0 Å². The van der Waals surface area contributed by atoms with Crippen molar-refractivity contribution in [3.8, 4) is 0 Å². The van der Waals surface area contributed by atoms with E-state index in [1.165, 1.54) is 0 Å². The summed E-state index contributed by atoms with van der Waals surface area (Å²) in [4.78, 5) is 8.95. The topological polar surface area (TPSA) is 47.9 Å². The van der Waals surface area contributed by atoms with Crippen LogP contribution in [-0.2, 0) is 16.6 Å². The smallest absolute Gasteiger partial charge is 0.193 e. The van der Waals surface area contributed by atoms with Gasteiger partial charge in [0.05, 0.1) is 10.7 Å². The third-order valence-electron chi connectivity index (χ3n) is 4.77. The highest BCUT2D eigenvalue weighted by atomic mass is 127. The van der Waals surface area contributed by atoms with Gasteiger partial charge < -0.3 is 15.1 Å². The molecule has 8 heteroatoms. The minimum atomic E-state index is -0.887. The first-order valence-electron chi connectivity index (χ1n) is 9.51. The van der Waals surface area contributed by atoms with E-state index in [0.29, 0.717) is 18.1 Å². The zero-order valence-corrected chi connectivity index (χ0v) is 20.5. The van der Waals surface area contributed by atoms with Crippen LogP contribution in [0.4, 0.5) is 5.69 Å². The Morgan fingerprint density at radius 1 is 1.07 bits per heavy atom. The SMILES string of the molecule is CN=C(NCCS(=O)Cc1ccccc1)N1CCN(c2ccccc2Cl)CC1.I. The summed E-state index contributed by atoms with van der Waals surface area (Å²) in [6, 6.07) is 17.9. The van der Waals surface area contributed by atoms with Crippen molar-refractivity contribution >= 4 is 58.0 Å². The van der Waals surface area contributed by atoms with E-state index < -0.39 is 10.8 Å². The van der Waals surface area contributed by atoms with E-state index in [1.807, 2.05) is 48.5 Å². The maximum absolute atomic E-state index is 12.3. The van der Waals surface area contributed by atoms with Crippen LogP contribution in [-0.4, -0.2) is 60.6 Å². The van der Waals surface area contributed by atoms with Gasteiger partial charge in [-0.05, 0) is 17.7 Å². The first-order chi connectivity index (χ1) is 13.7. The van der Waals surface area contributed by atoms with Crippen LogP contribution in [0.3, 0.4) is 0 Å². The number of halogens is 2. The summed E-state index contributed by atoms with van der Waals surface area (Å²) in [6.07, 6.45) is 0. The Kier molecular flexibility index (Phi) is 10.2. The molecule has 2 aromatic rings. The lowest BCUT2D eigenvalue weighted by atomic mass is 10.2. The minimum absolute atomic E-state index is 0. The second-order valence-corrected chi connectivity index (χ2v) is 8.66. The maximum atomic E-state index is 12.3. The number of rotatable bonds is 6. The number of hydrogen-bond acceptors (Lipinski definition) is 3. The van der Waals surface area contributed by atoms with E-state index in [9.17, 15) is 4.21 Å². The van der Waals surface area contributed by atoms with Crippen LogP contribution in [0, 0.1) is 0 Å². The molecule has 1 aliphatic rings. The van der Waals surface area contributed by atoms with Crippen molar-refractivity contribution in [3.05, 3.63) is 65.2 Å². The average molecular weight is 547 g/mol. The lowest BCUT2D eigenvalue weighted by Crippen LogP contribution is -2.53. The number of piperazine rings is 1. The van der Waals surface area contributed by atoms with Crippen LogP contribution < -0.4 is 10.2 Å². The Hall–Kier alpha value is -1.32. The fraction of sp³-hybridized carbons (Fsp3) is 0.381. The Morgan fingerprint density at radius 3 is 2.38 bits per heavy atom. The lowest BCUT2D eigenvalue weighted by molar-refractivity contribution is 0.373. The van der Waals surface area contributed by atoms with Gasteiger partial charge in [0.25, 0.3) is 0 Å². The average Bonchev–Trinajstić information content (AvgIpc) is 2.73. The molecule has 0 bridgehead atoms. The van der Waals surface area contributed by atoms with Crippen LogP contribution >= 0.6 is 35.6 Å². The van der Waals surface area contributed by atoms with Crippen molar-refractivity contribution in [1.82, 2.24) is 10.2 Å². The van der Waals surface area contributed by atoms with Crippen molar-refractivity contribution in [2.45, 2.75) is 5.75 Å². The van der Waals surface area contributed by atoms with Crippen LogP contribution in [0.25, 0.3) is 0 Å². The van der Waals surface area contributed by atoms with Crippen molar-refractivity contribution in [1.29, 1.82) is 0 Å². The first-order valence-corrected chi connectivity index (χ1v) is 11.4. The standard InChI is InChI=1S/C21H27ClN4OS.HI/c1-23-21(24-11-16-28(27)17-18-7-3-2-4-8-18)26-14-12-25(13-15-26)20-10-6-5-9-19(20)22;/h2-10H,11-17H2,1H3,(H,23,24);1H. The molecule has 0 aliphatic carbocycles. The van der Waals surface area contributed by atoms with Crippen molar-refractivity contribution in [2.75, 3.05) is 50.4 Å². The van der Waals surface area contributed by atoms with Gasteiger partial charge in [-0.15, -0.1) is 24.0 Å². The van der Waals surface area contributed by atoms with E-state index in [4.69, 9.17) is 11.6 Å². The van der Waals surface area contributed by atoms with Crippen LogP contribution in [0.5, 0.6) is 0 Å². The van der Waals surface area contributed by atoms with Gasteiger partial charge in [-0.2, -0.15) is 0 Å². The summed E-state index contributed by atoms with van der Waals surface area (Å²) in [5, 5.41) is 4.15. The molecule has 158 valence electrons. The molecule has 1 heterocycles. The predicted octanol–water partition coefficient (Wildman–Crippen LogP) is 3.60. The number of nitrogens with one attached hydrogen (secondary N) is 1. The fourth-order valence-corrected chi connectivity index (χ4v) is 4.60.